The molecule has 0 spiro atoms. The molecule has 2 atom stereocenters. The molecule has 0 amide bonds. The van der Waals surface area contributed by atoms with E-state index in [1.165, 1.54) is 75.6 Å². The maximum atomic E-state index is 13.6. The molecular weight excluding hydrogens is 472 g/mol. The van der Waals surface area contributed by atoms with Crippen LogP contribution in [-0.2, 0) is 16.8 Å². The summed E-state index contributed by atoms with van der Waals surface area (Å²) in [6.45, 7) is 2.23. The molecule has 0 saturated heterocycles. The lowest BCUT2D eigenvalue weighted by atomic mass is 9.77. The van der Waals surface area contributed by atoms with Gasteiger partial charge in [0.1, 0.15) is 23.4 Å². The Morgan fingerprint density at radius 2 is 1.41 bits per heavy atom. The highest BCUT2D eigenvalue weighted by Gasteiger charge is 2.52. The second kappa shape index (κ2) is 13.6. The molecule has 2 aromatic rings. The molecule has 0 aromatic heterocycles. The number of aliphatic hydroxyl groups excluding tert-OH is 1. The van der Waals surface area contributed by atoms with E-state index in [-0.39, 0.29) is 47.2 Å². The average molecular weight is 515 g/mol. The van der Waals surface area contributed by atoms with Crippen LogP contribution in [0.25, 0.3) is 0 Å². The fraction of sp³-hybridized carbons (Fsp3) is 0.567. The number of rotatable bonds is 15. The number of phenolic OH excluding ortho intramolecular Hbond substituents is 4. The number of hydrogen-bond acceptors (Lipinski definition) is 7. The largest absolute Gasteiger partial charge is 0.508 e. The SMILES string of the molecule is CCCCCCCCCCCCCCC(=O)C1(c2ccc(O)c(O)c2)Oc2cc(O)cc(O)c2CC1O. The summed E-state index contributed by atoms with van der Waals surface area (Å²) in [5.74, 6) is -1.51. The van der Waals surface area contributed by atoms with Gasteiger partial charge in [0.2, 0.25) is 5.60 Å². The molecule has 1 aliphatic heterocycles. The molecule has 0 saturated carbocycles. The summed E-state index contributed by atoms with van der Waals surface area (Å²) < 4.78 is 6.08. The smallest absolute Gasteiger partial charge is 0.218 e. The third kappa shape index (κ3) is 7.10. The zero-order valence-corrected chi connectivity index (χ0v) is 21.9. The van der Waals surface area contributed by atoms with Crippen molar-refractivity contribution in [1.82, 2.24) is 0 Å². The Morgan fingerprint density at radius 1 is 0.811 bits per heavy atom. The van der Waals surface area contributed by atoms with Crippen LogP contribution in [0.1, 0.15) is 102 Å². The number of benzene rings is 2. The highest BCUT2D eigenvalue weighted by Crippen LogP contribution is 2.47. The minimum Gasteiger partial charge on any atom is -0.508 e. The lowest BCUT2D eigenvalue weighted by Gasteiger charge is -2.41. The van der Waals surface area contributed by atoms with Gasteiger partial charge in [0.15, 0.2) is 17.3 Å². The zero-order chi connectivity index (χ0) is 26.8. The second-order valence-corrected chi connectivity index (χ2v) is 10.3. The van der Waals surface area contributed by atoms with Crippen molar-refractivity contribution in [1.29, 1.82) is 0 Å². The summed E-state index contributed by atoms with van der Waals surface area (Å²) in [6.07, 6.45) is 12.7. The van der Waals surface area contributed by atoms with Crippen molar-refractivity contribution in [3.05, 3.63) is 41.5 Å². The summed E-state index contributed by atoms with van der Waals surface area (Å²) in [4.78, 5) is 13.6. The van der Waals surface area contributed by atoms with Crippen molar-refractivity contribution in [3.63, 3.8) is 0 Å². The maximum Gasteiger partial charge on any atom is 0.218 e. The topological polar surface area (TPSA) is 127 Å². The monoisotopic (exact) mass is 514 g/mol. The van der Waals surface area contributed by atoms with E-state index in [1.54, 1.807) is 0 Å². The van der Waals surface area contributed by atoms with E-state index in [0.29, 0.717) is 12.0 Å². The molecule has 0 bridgehead atoms. The van der Waals surface area contributed by atoms with Crippen LogP contribution in [0.4, 0.5) is 0 Å². The van der Waals surface area contributed by atoms with Crippen molar-refractivity contribution < 1.29 is 35.1 Å². The molecule has 7 nitrogen and oxygen atoms in total. The van der Waals surface area contributed by atoms with Crippen molar-refractivity contribution in [2.24, 2.45) is 0 Å². The van der Waals surface area contributed by atoms with Crippen LogP contribution in [0.5, 0.6) is 28.7 Å². The van der Waals surface area contributed by atoms with Gasteiger partial charge in [0, 0.05) is 36.1 Å². The highest BCUT2D eigenvalue weighted by molar-refractivity contribution is 5.90. The van der Waals surface area contributed by atoms with Gasteiger partial charge in [-0.2, -0.15) is 0 Å². The molecule has 0 radical (unpaired) electrons. The molecule has 1 heterocycles. The molecular formula is C30H42O7. The van der Waals surface area contributed by atoms with Crippen LogP contribution in [0, 0.1) is 0 Å². The lowest BCUT2D eigenvalue weighted by Crippen LogP contribution is -2.54. The van der Waals surface area contributed by atoms with Crippen molar-refractivity contribution in [3.8, 4) is 28.7 Å². The predicted octanol–water partition coefficient (Wildman–Crippen LogP) is 6.36. The minimum atomic E-state index is -1.84. The number of phenols is 4. The molecule has 5 N–H and O–H groups in total. The van der Waals surface area contributed by atoms with Gasteiger partial charge in [-0.25, -0.2) is 0 Å². The lowest BCUT2D eigenvalue weighted by molar-refractivity contribution is -0.150. The van der Waals surface area contributed by atoms with Gasteiger partial charge in [-0.3, -0.25) is 4.79 Å². The first-order valence-electron chi connectivity index (χ1n) is 13.8. The standard InChI is InChI=1S/C30H42O7/c1-2-3-4-5-6-7-8-9-10-11-12-13-14-28(35)30(21-15-16-24(32)26(34)17-21)29(36)20-23-25(33)18-22(31)19-27(23)37-30/h15-19,29,31-34,36H,2-14,20H2,1H3. The number of unbranched alkanes of at least 4 members (excludes halogenated alkanes) is 11. The molecule has 2 unspecified atom stereocenters. The van der Waals surface area contributed by atoms with Gasteiger partial charge < -0.3 is 30.3 Å². The van der Waals surface area contributed by atoms with Crippen LogP contribution in [0.3, 0.4) is 0 Å². The summed E-state index contributed by atoms with van der Waals surface area (Å²) in [7, 11) is 0. The number of Topliss-reactive ketones (excluding diaryl/α,β-unsaturated/α-hetero) is 1. The quantitative estimate of drug-likeness (QED) is 0.138. The predicted molar refractivity (Wildman–Crippen MR) is 142 cm³/mol. The van der Waals surface area contributed by atoms with E-state index in [1.807, 2.05) is 0 Å². The number of aliphatic hydroxyl groups is 1. The number of aromatic hydroxyl groups is 4. The van der Waals surface area contributed by atoms with E-state index in [2.05, 4.69) is 6.92 Å². The molecule has 204 valence electrons. The molecule has 1 aliphatic rings. The van der Waals surface area contributed by atoms with Crippen LogP contribution in [0.2, 0.25) is 0 Å². The third-order valence-corrected chi connectivity index (χ3v) is 7.38. The molecule has 3 rings (SSSR count). The Hall–Kier alpha value is -2.93. The Morgan fingerprint density at radius 3 is 2.00 bits per heavy atom. The summed E-state index contributed by atoms with van der Waals surface area (Å²) >= 11 is 0. The van der Waals surface area contributed by atoms with Crippen LogP contribution in [-0.4, -0.2) is 37.4 Å². The van der Waals surface area contributed by atoms with Gasteiger partial charge in [-0.05, 0) is 18.6 Å². The van der Waals surface area contributed by atoms with Crippen molar-refractivity contribution in [2.75, 3.05) is 0 Å². The zero-order valence-electron chi connectivity index (χ0n) is 21.9. The number of carbonyl (C=O) groups excluding carboxylic acids is 1. The summed E-state index contributed by atoms with van der Waals surface area (Å²) in [5, 5.41) is 51.3. The molecule has 0 aliphatic carbocycles. The molecule has 0 fully saturated rings. The van der Waals surface area contributed by atoms with Gasteiger partial charge >= 0.3 is 0 Å². The maximum absolute atomic E-state index is 13.6. The van der Waals surface area contributed by atoms with Crippen LogP contribution in [0.15, 0.2) is 30.3 Å². The third-order valence-electron chi connectivity index (χ3n) is 7.38. The summed E-state index contributed by atoms with van der Waals surface area (Å²) in [5.41, 5.74) is -1.34. The molecule has 7 heteroatoms. The highest BCUT2D eigenvalue weighted by atomic mass is 16.5. The molecule has 2 aromatic carbocycles. The van der Waals surface area contributed by atoms with Gasteiger partial charge in [0.25, 0.3) is 0 Å². The van der Waals surface area contributed by atoms with Gasteiger partial charge in [-0.15, -0.1) is 0 Å². The van der Waals surface area contributed by atoms with Gasteiger partial charge in [0.05, 0.1) is 0 Å². The molecule has 37 heavy (non-hydrogen) atoms. The first kappa shape index (κ1) is 28.6. The first-order chi connectivity index (χ1) is 17.8. The first-order valence-corrected chi connectivity index (χ1v) is 13.8. The van der Waals surface area contributed by atoms with Crippen LogP contribution < -0.4 is 4.74 Å². The van der Waals surface area contributed by atoms with Crippen molar-refractivity contribution >= 4 is 5.78 Å². The average Bonchev–Trinajstić information content (AvgIpc) is 2.86. The Balaban J connectivity index is 1.61. The second-order valence-electron chi connectivity index (χ2n) is 10.3. The van der Waals surface area contributed by atoms with E-state index < -0.39 is 17.5 Å². The number of fused-ring (bicyclic) bond motifs is 1. The minimum absolute atomic E-state index is 0.0761. The number of ether oxygens (including phenoxy) is 1. The fourth-order valence-corrected chi connectivity index (χ4v) is 5.21. The van der Waals surface area contributed by atoms with E-state index >= 15 is 0 Å². The summed E-state index contributed by atoms with van der Waals surface area (Å²) in [6, 6.07) is 6.35. The Bertz CT molecular complexity index is 1030. The van der Waals surface area contributed by atoms with E-state index in [9.17, 15) is 30.3 Å². The van der Waals surface area contributed by atoms with E-state index in [4.69, 9.17) is 4.74 Å². The van der Waals surface area contributed by atoms with Gasteiger partial charge in [-0.1, -0.05) is 83.6 Å². The Kier molecular flexibility index (Phi) is 10.5. The number of carbonyl (C=O) groups is 1. The normalized spacial score (nSPS) is 18.8. The Labute approximate surface area is 219 Å². The number of ketones is 1. The number of hydrogen-bond donors (Lipinski definition) is 5. The fourth-order valence-electron chi connectivity index (χ4n) is 5.21. The van der Waals surface area contributed by atoms with E-state index in [0.717, 1.165) is 25.3 Å². The van der Waals surface area contributed by atoms with Crippen molar-refractivity contribution in [2.45, 2.75) is 109 Å². The van der Waals surface area contributed by atoms with Crippen LogP contribution >= 0.6 is 0 Å².